The summed E-state index contributed by atoms with van der Waals surface area (Å²) >= 11 is 0. The Morgan fingerprint density at radius 2 is 2.11 bits per heavy atom. The highest BCUT2D eigenvalue weighted by Gasteiger charge is 2.15. The van der Waals surface area contributed by atoms with Gasteiger partial charge in [0.05, 0.1) is 6.54 Å². The number of nitrogens with zero attached hydrogens (tertiary/aromatic N) is 4. The summed E-state index contributed by atoms with van der Waals surface area (Å²) in [4.78, 5) is 25.7. The van der Waals surface area contributed by atoms with E-state index in [2.05, 4.69) is 26.2 Å². The van der Waals surface area contributed by atoms with Gasteiger partial charge in [0.25, 0.3) is 0 Å². The van der Waals surface area contributed by atoms with Crippen LogP contribution in [-0.4, -0.2) is 38.0 Å². The third-order valence-electron chi connectivity index (χ3n) is 4.47. The number of para-hydroxylation sites is 1. The normalized spacial score (nSPS) is 11.0. The fourth-order valence-corrected chi connectivity index (χ4v) is 2.99. The summed E-state index contributed by atoms with van der Waals surface area (Å²) in [6.45, 7) is 0.278. The first-order valence-electron chi connectivity index (χ1n) is 8.72. The molecule has 0 fully saturated rings. The monoisotopic (exact) mass is 361 g/mol. The molecule has 0 atom stereocenters. The molecule has 3 aromatic heterocycles. The van der Waals surface area contributed by atoms with E-state index in [9.17, 15) is 4.79 Å². The Bertz CT molecular complexity index is 1050. The van der Waals surface area contributed by atoms with Crippen molar-refractivity contribution in [1.29, 1.82) is 0 Å². The van der Waals surface area contributed by atoms with Gasteiger partial charge in [-0.2, -0.15) is 4.98 Å². The van der Waals surface area contributed by atoms with Crippen LogP contribution in [0.1, 0.15) is 17.9 Å². The van der Waals surface area contributed by atoms with Gasteiger partial charge >= 0.3 is 0 Å². The molecule has 1 aromatic carbocycles. The van der Waals surface area contributed by atoms with Gasteiger partial charge in [-0.05, 0) is 30.2 Å². The predicted molar refractivity (Wildman–Crippen MR) is 101 cm³/mol. The van der Waals surface area contributed by atoms with Crippen molar-refractivity contribution in [2.24, 2.45) is 0 Å². The number of fused-ring (bicyclic) bond motifs is 1. The average Bonchev–Trinajstić information content (AvgIpc) is 3.34. The van der Waals surface area contributed by atoms with Crippen LogP contribution >= 0.6 is 0 Å². The molecule has 4 aromatic rings. The molecule has 0 aliphatic rings. The number of aromatic nitrogens is 4. The molecule has 0 spiro atoms. The van der Waals surface area contributed by atoms with Gasteiger partial charge in [-0.15, -0.1) is 0 Å². The van der Waals surface area contributed by atoms with E-state index >= 15 is 0 Å². The Morgan fingerprint density at radius 3 is 2.96 bits per heavy atom. The second-order valence-electron chi connectivity index (χ2n) is 6.36. The van der Waals surface area contributed by atoms with Crippen molar-refractivity contribution in [2.45, 2.75) is 19.4 Å². The summed E-state index contributed by atoms with van der Waals surface area (Å²) in [6, 6.07) is 11.8. The van der Waals surface area contributed by atoms with Gasteiger partial charge in [0.1, 0.15) is 0 Å². The predicted octanol–water partition coefficient (Wildman–Crippen LogP) is 3.20. The van der Waals surface area contributed by atoms with Crippen molar-refractivity contribution in [1.82, 2.24) is 25.0 Å². The van der Waals surface area contributed by atoms with Crippen LogP contribution in [0.4, 0.5) is 0 Å². The Balaban J connectivity index is 1.36. The van der Waals surface area contributed by atoms with Crippen molar-refractivity contribution >= 4 is 16.8 Å². The topological polar surface area (TPSA) is 87.9 Å². The highest BCUT2D eigenvalue weighted by Crippen LogP contribution is 2.19. The molecule has 0 bridgehead atoms. The molecule has 136 valence electrons. The number of nitrogens with one attached hydrogen (secondary N) is 1. The number of aryl methyl sites for hydroxylation is 1. The number of H-pyrrole nitrogens is 1. The standard InChI is InChI=1S/C20H19N5O2/c1-25(13-18-23-20(24-27-18)15-5-4-10-21-11-15)19(26)9-8-14-12-22-17-7-3-2-6-16(14)17/h2-7,10-12,22H,8-9,13H2,1H3. The van der Waals surface area contributed by atoms with E-state index in [1.54, 1.807) is 24.3 Å². The van der Waals surface area contributed by atoms with Crippen LogP contribution < -0.4 is 0 Å². The Labute approximate surface area is 156 Å². The lowest BCUT2D eigenvalue weighted by Gasteiger charge is -2.14. The molecule has 0 radical (unpaired) electrons. The van der Waals surface area contributed by atoms with Gasteiger partial charge in [0, 0.05) is 48.5 Å². The Kier molecular flexibility index (Phi) is 4.65. The zero-order chi connectivity index (χ0) is 18.6. The summed E-state index contributed by atoms with van der Waals surface area (Å²) in [5.41, 5.74) is 3.01. The zero-order valence-electron chi connectivity index (χ0n) is 14.9. The van der Waals surface area contributed by atoms with Crippen molar-refractivity contribution < 1.29 is 9.32 Å². The van der Waals surface area contributed by atoms with Crippen LogP contribution in [0.3, 0.4) is 0 Å². The maximum absolute atomic E-state index is 12.5. The molecular formula is C20H19N5O2. The largest absolute Gasteiger partial charge is 0.361 e. The molecule has 7 nitrogen and oxygen atoms in total. The van der Waals surface area contributed by atoms with Crippen molar-refractivity contribution in [3.05, 3.63) is 66.4 Å². The van der Waals surface area contributed by atoms with Crippen molar-refractivity contribution in [3.63, 3.8) is 0 Å². The minimum atomic E-state index is 0.0291. The van der Waals surface area contributed by atoms with Crippen molar-refractivity contribution in [3.8, 4) is 11.4 Å². The first-order chi connectivity index (χ1) is 13.2. The van der Waals surface area contributed by atoms with E-state index in [4.69, 9.17) is 4.52 Å². The Hall–Kier alpha value is -3.48. The van der Waals surface area contributed by atoms with E-state index in [1.165, 1.54) is 0 Å². The maximum atomic E-state index is 12.5. The van der Waals surface area contributed by atoms with Gasteiger partial charge in [-0.1, -0.05) is 23.4 Å². The molecule has 4 rings (SSSR count). The lowest BCUT2D eigenvalue weighted by atomic mass is 10.1. The number of pyridine rings is 1. The summed E-state index contributed by atoms with van der Waals surface area (Å²) in [7, 11) is 1.74. The smallest absolute Gasteiger partial charge is 0.246 e. The maximum Gasteiger partial charge on any atom is 0.246 e. The zero-order valence-corrected chi connectivity index (χ0v) is 14.9. The molecule has 0 aliphatic carbocycles. The van der Waals surface area contributed by atoms with Crippen LogP contribution in [-0.2, 0) is 17.8 Å². The molecule has 0 saturated carbocycles. The fraction of sp³-hybridized carbons (Fsp3) is 0.200. The third kappa shape index (κ3) is 3.72. The number of amides is 1. The van der Waals surface area contributed by atoms with E-state index < -0.39 is 0 Å². The van der Waals surface area contributed by atoms with Gasteiger partial charge in [0.2, 0.25) is 17.6 Å². The first kappa shape index (κ1) is 17.0. The molecule has 0 unspecified atom stereocenters. The van der Waals surface area contributed by atoms with Gasteiger partial charge in [-0.3, -0.25) is 9.78 Å². The number of carbonyl (C=O) groups is 1. The molecular weight excluding hydrogens is 342 g/mol. The molecule has 1 N–H and O–H groups in total. The second kappa shape index (κ2) is 7.41. The molecule has 3 heterocycles. The minimum absolute atomic E-state index is 0.0291. The molecule has 27 heavy (non-hydrogen) atoms. The van der Waals surface area contributed by atoms with E-state index in [-0.39, 0.29) is 12.5 Å². The van der Waals surface area contributed by atoms with Crippen LogP contribution in [0.2, 0.25) is 0 Å². The fourth-order valence-electron chi connectivity index (χ4n) is 2.99. The first-order valence-corrected chi connectivity index (χ1v) is 8.72. The van der Waals surface area contributed by atoms with E-state index in [0.29, 0.717) is 24.6 Å². The second-order valence-corrected chi connectivity index (χ2v) is 6.36. The average molecular weight is 361 g/mol. The van der Waals surface area contributed by atoms with Crippen LogP contribution in [0.15, 0.2) is 59.5 Å². The summed E-state index contributed by atoms with van der Waals surface area (Å²) < 4.78 is 5.26. The number of hydrogen-bond donors (Lipinski definition) is 1. The van der Waals surface area contributed by atoms with Crippen LogP contribution in [0, 0.1) is 0 Å². The highest BCUT2D eigenvalue weighted by molar-refractivity contribution is 5.84. The quantitative estimate of drug-likeness (QED) is 0.570. The molecule has 1 amide bonds. The summed E-state index contributed by atoms with van der Waals surface area (Å²) in [5.74, 6) is 0.899. The minimum Gasteiger partial charge on any atom is -0.361 e. The molecule has 7 heteroatoms. The van der Waals surface area contributed by atoms with Gasteiger partial charge < -0.3 is 14.4 Å². The SMILES string of the molecule is CN(Cc1nc(-c2cccnc2)no1)C(=O)CCc1c[nH]c2ccccc12. The van der Waals surface area contributed by atoms with E-state index in [0.717, 1.165) is 22.0 Å². The molecule has 0 saturated heterocycles. The summed E-state index contributed by atoms with van der Waals surface area (Å²) in [5, 5.41) is 5.11. The highest BCUT2D eigenvalue weighted by atomic mass is 16.5. The van der Waals surface area contributed by atoms with E-state index in [1.807, 2.05) is 36.5 Å². The molecule has 0 aliphatic heterocycles. The van der Waals surface area contributed by atoms with Crippen molar-refractivity contribution in [2.75, 3.05) is 7.05 Å². The summed E-state index contributed by atoms with van der Waals surface area (Å²) in [6.07, 6.45) is 6.42. The number of carbonyl (C=O) groups excluding carboxylic acids is 1. The van der Waals surface area contributed by atoms with Gasteiger partial charge in [0.15, 0.2) is 0 Å². The Morgan fingerprint density at radius 1 is 1.22 bits per heavy atom. The van der Waals surface area contributed by atoms with Crippen LogP contribution in [0.5, 0.6) is 0 Å². The lowest BCUT2D eigenvalue weighted by Crippen LogP contribution is -2.26. The number of benzene rings is 1. The number of hydrogen-bond acceptors (Lipinski definition) is 5. The van der Waals surface area contributed by atoms with Gasteiger partial charge in [-0.25, -0.2) is 0 Å². The lowest BCUT2D eigenvalue weighted by molar-refractivity contribution is -0.130. The number of aromatic amines is 1. The van der Waals surface area contributed by atoms with Crippen LogP contribution in [0.25, 0.3) is 22.3 Å². The number of rotatable bonds is 6. The third-order valence-corrected chi connectivity index (χ3v) is 4.47.